The highest BCUT2D eigenvalue weighted by molar-refractivity contribution is 7.61. The van der Waals surface area contributed by atoms with E-state index in [-0.39, 0.29) is 25.2 Å². The van der Waals surface area contributed by atoms with Crippen LogP contribution in [0.15, 0.2) is 6.20 Å². The summed E-state index contributed by atoms with van der Waals surface area (Å²) in [7, 11) is -3.50. The second-order valence-electron chi connectivity index (χ2n) is 3.85. The van der Waals surface area contributed by atoms with Crippen molar-refractivity contribution >= 4 is 19.0 Å². The molecule has 1 N–H and O–H groups in total. The van der Waals surface area contributed by atoms with Gasteiger partial charge in [0, 0.05) is 0 Å². The van der Waals surface area contributed by atoms with Gasteiger partial charge in [-0.25, -0.2) is 4.68 Å². The molecule has 19 heavy (non-hydrogen) atoms. The highest BCUT2D eigenvalue weighted by Crippen LogP contribution is 2.46. The second-order valence-corrected chi connectivity index (χ2v) is 5.82. The molecule has 1 heterocycles. The number of hydrogen-bond acceptors (Lipinski definition) is 6. The van der Waals surface area contributed by atoms with Crippen molar-refractivity contribution in [1.82, 2.24) is 15.0 Å². The quantitative estimate of drug-likeness (QED) is 0.709. The average Bonchev–Trinajstić information content (AvgIpc) is 2.78. The van der Waals surface area contributed by atoms with Crippen LogP contribution in [0.25, 0.3) is 0 Å². The van der Waals surface area contributed by atoms with E-state index in [1.807, 2.05) is 0 Å². The van der Waals surface area contributed by atoms with Crippen LogP contribution in [0.3, 0.4) is 0 Å². The lowest BCUT2D eigenvalue weighted by atomic mass is 10.2. The average molecular weight is 291 g/mol. The monoisotopic (exact) mass is 291 g/mol. The largest absolute Gasteiger partial charge is 0.481 e. The Hall–Kier alpha value is -1.24. The summed E-state index contributed by atoms with van der Waals surface area (Å²) in [6, 6.07) is 0. The molecule has 0 unspecified atom stereocenters. The SMILES string of the molecule is CCOP(=O)(OCC)c1cnnn1C[C@H](C)C(=O)O. The lowest BCUT2D eigenvalue weighted by molar-refractivity contribution is -0.141. The van der Waals surface area contributed by atoms with Gasteiger partial charge in [-0.2, -0.15) is 0 Å². The molecule has 1 atom stereocenters. The van der Waals surface area contributed by atoms with E-state index in [0.29, 0.717) is 0 Å². The van der Waals surface area contributed by atoms with Crippen LogP contribution in [0.4, 0.5) is 0 Å². The maximum atomic E-state index is 12.6. The molecule has 0 aliphatic carbocycles. The third kappa shape index (κ3) is 3.86. The topological polar surface area (TPSA) is 104 Å². The van der Waals surface area contributed by atoms with E-state index < -0.39 is 19.5 Å². The molecule has 0 bridgehead atoms. The van der Waals surface area contributed by atoms with Gasteiger partial charge in [0.2, 0.25) is 0 Å². The predicted molar refractivity (Wildman–Crippen MR) is 67.3 cm³/mol. The van der Waals surface area contributed by atoms with Crippen LogP contribution in [0.1, 0.15) is 20.8 Å². The minimum Gasteiger partial charge on any atom is -0.481 e. The van der Waals surface area contributed by atoms with E-state index in [1.54, 1.807) is 13.8 Å². The first-order chi connectivity index (χ1) is 8.94. The van der Waals surface area contributed by atoms with Crippen molar-refractivity contribution in [3.63, 3.8) is 0 Å². The second kappa shape index (κ2) is 6.79. The molecular weight excluding hydrogens is 273 g/mol. The molecule has 0 spiro atoms. The van der Waals surface area contributed by atoms with Crippen LogP contribution in [-0.4, -0.2) is 39.3 Å². The van der Waals surface area contributed by atoms with Crippen LogP contribution < -0.4 is 5.44 Å². The maximum absolute atomic E-state index is 12.6. The van der Waals surface area contributed by atoms with Crippen molar-refractivity contribution in [3.8, 4) is 0 Å². The van der Waals surface area contributed by atoms with Crippen molar-refractivity contribution in [2.24, 2.45) is 5.92 Å². The van der Waals surface area contributed by atoms with Crippen molar-refractivity contribution in [2.75, 3.05) is 13.2 Å². The minimum atomic E-state index is -3.50. The van der Waals surface area contributed by atoms with Gasteiger partial charge in [-0.1, -0.05) is 12.1 Å². The molecule has 8 nitrogen and oxygen atoms in total. The van der Waals surface area contributed by atoms with Crippen molar-refractivity contribution in [3.05, 3.63) is 6.20 Å². The number of rotatable bonds is 8. The summed E-state index contributed by atoms with van der Waals surface area (Å²) in [5.41, 5.74) is 0.171. The molecule has 0 aliphatic heterocycles. The Morgan fingerprint density at radius 3 is 2.53 bits per heavy atom. The molecule has 0 radical (unpaired) electrons. The summed E-state index contributed by atoms with van der Waals surface area (Å²) in [4.78, 5) is 10.8. The van der Waals surface area contributed by atoms with Crippen LogP contribution >= 0.6 is 7.60 Å². The molecule has 1 aromatic heterocycles. The fourth-order valence-corrected chi connectivity index (χ4v) is 3.06. The van der Waals surface area contributed by atoms with Crippen molar-refractivity contribution in [2.45, 2.75) is 27.3 Å². The van der Waals surface area contributed by atoms with Gasteiger partial charge in [0.25, 0.3) is 0 Å². The first-order valence-electron chi connectivity index (χ1n) is 5.95. The van der Waals surface area contributed by atoms with Gasteiger partial charge in [0.05, 0.1) is 31.9 Å². The Morgan fingerprint density at radius 1 is 1.47 bits per heavy atom. The first kappa shape index (κ1) is 15.8. The van der Waals surface area contributed by atoms with Crippen LogP contribution in [0.5, 0.6) is 0 Å². The van der Waals surface area contributed by atoms with Crippen LogP contribution in [0, 0.1) is 5.92 Å². The van der Waals surface area contributed by atoms with Gasteiger partial charge in [-0.3, -0.25) is 9.36 Å². The zero-order valence-electron chi connectivity index (χ0n) is 11.1. The fourth-order valence-electron chi connectivity index (χ4n) is 1.44. The summed E-state index contributed by atoms with van der Waals surface area (Å²) in [6.07, 6.45) is 1.28. The lowest BCUT2D eigenvalue weighted by Crippen LogP contribution is -2.26. The molecule has 0 aliphatic rings. The molecule has 1 aromatic rings. The normalized spacial score (nSPS) is 13.4. The number of carboxylic acids is 1. The molecule has 0 fully saturated rings. The molecule has 0 aromatic carbocycles. The summed E-state index contributed by atoms with van der Waals surface area (Å²) in [6.45, 7) is 5.38. The lowest BCUT2D eigenvalue weighted by Gasteiger charge is -2.17. The molecule has 0 saturated heterocycles. The number of nitrogens with zero attached hydrogens (tertiary/aromatic N) is 3. The standard InChI is InChI=1S/C10H18N3O5P/c1-4-17-19(16,18-5-2)9-6-11-12-13(9)7-8(3)10(14)15/h6,8H,4-5,7H2,1-3H3,(H,14,15)/t8-/m0/s1. The smallest absolute Gasteiger partial charge is 0.380 e. The molecule has 108 valence electrons. The Morgan fingerprint density at radius 2 is 2.05 bits per heavy atom. The number of hydrogen-bond donors (Lipinski definition) is 1. The zero-order chi connectivity index (χ0) is 14.5. The summed E-state index contributed by atoms with van der Waals surface area (Å²) in [5, 5.41) is 16.3. The van der Waals surface area contributed by atoms with E-state index >= 15 is 0 Å². The number of aliphatic carboxylic acids is 1. The van der Waals surface area contributed by atoms with Gasteiger partial charge >= 0.3 is 13.6 Å². The Labute approximate surface area is 111 Å². The molecule has 0 saturated carbocycles. The van der Waals surface area contributed by atoms with Gasteiger partial charge in [0.1, 0.15) is 0 Å². The van der Waals surface area contributed by atoms with E-state index in [0.717, 1.165) is 0 Å². The van der Waals surface area contributed by atoms with E-state index in [4.69, 9.17) is 14.2 Å². The fraction of sp³-hybridized carbons (Fsp3) is 0.700. The molecule has 9 heteroatoms. The first-order valence-corrected chi connectivity index (χ1v) is 7.49. The van der Waals surface area contributed by atoms with Gasteiger partial charge in [-0.15, -0.1) is 5.10 Å². The molecule has 0 amide bonds. The van der Waals surface area contributed by atoms with E-state index in [2.05, 4.69) is 10.3 Å². The zero-order valence-corrected chi connectivity index (χ0v) is 12.0. The van der Waals surface area contributed by atoms with Gasteiger partial charge in [0.15, 0.2) is 5.44 Å². The maximum Gasteiger partial charge on any atom is 0.380 e. The van der Waals surface area contributed by atoms with Crippen molar-refractivity contribution < 1.29 is 23.5 Å². The summed E-state index contributed by atoms with van der Waals surface area (Å²) < 4.78 is 24.2. The van der Waals surface area contributed by atoms with Gasteiger partial charge < -0.3 is 14.2 Å². The third-order valence-corrected chi connectivity index (χ3v) is 4.45. The number of aromatic nitrogens is 3. The Kier molecular flexibility index (Phi) is 5.65. The van der Waals surface area contributed by atoms with E-state index in [1.165, 1.54) is 17.8 Å². The minimum absolute atomic E-state index is 0.0504. The van der Waals surface area contributed by atoms with Crippen LogP contribution in [-0.2, 0) is 25.0 Å². The Balaban J connectivity index is 3.02. The highest BCUT2D eigenvalue weighted by Gasteiger charge is 2.32. The predicted octanol–water partition coefficient (Wildman–Crippen LogP) is 0.890. The third-order valence-electron chi connectivity index (χ3n) is 2.34. The van der Waals surface area contributed by atoms with Gasteiger partial charge in [-0.05, 0) is 13.8 Å². The Bertz CT molecular complexity index is 465. The number of carboxylic acid groups (broad SMARTS) is 1. The number of carbonyl (C=O) groups is 1. The molecule has 1 rings (SSSR count). The van der Waals surface area contributed by atoms with Crippen molar-refractivity contribution in [1.29, 1.82) is 0 Å². The van der Waals surface area contributed by atoms with Crippen LogP contribution in [0.2, 0.25) is 0 Å². The molecular formula is C10H18N3O5P. The highest BCUT2D eigenvalue weighted by atomic mass is 31.2. The van der Waals surface area contributed by atoms with E-state index in [9.17, 15) is 9.36 Å². The summed E-state index contributed by atoms with van der Waals surface area (Å²) >= 11 is 0. The summed E-state index contributed by atoms with van der Waals surface area (Å²) in [5.74, 6) is -1.65.